The van der Waals surface area contributed by atoms with Gasteiger partial charge < -0.3 is 10.4 Å². The van der Waals surface area contributed by atoms with Crippen molar-refractivity contribution in [3.8, 4) is 11.1 Å². The van der Waals surface area contributed by atoms with Crippen LogP contribution in [0.1, 0.15) is 34.1 Å². The molecule has 0 spiro atoms. The summed E-state index contributed by atoms with van der Waals surface area (Å²) in [5, 5.41) is 12.4. The van der Waals surface area contributed by atoms with Gasteiger partial charge >= 0.3 is 5.97 Å². The number of hydrogen-bond donors (Lipinski definition) is 2. The molecule has 5 heteroatoms. The second-order valence-corrected chi connectivity index (χ2v) is 6.34. The van der Waals surface area contributed by atoms with Crippen LogP contribution in [0.25, 0.3) is 11.1 Å². The van der Waals surface area contributed by atoms with Crippen LogP contribution in [0, 0.1) is 0 Å². The summed E-state index contributed by atoms with van der Waals surface area (Å²) in [5.41, 5.74) is 1.86. The topological polar surface area (TPSA) is 66.4 Å². The molecule has 2 aromatic carbocycles. The molecule has 1 unspecified atom stereocenters. The Kier molecular flexibility index (Phi) is 6.44. The molecular formula is C19H21NO3S. The van der Waals surface area contributed by atoms with Crippen molar-refractivity contribution in [3.05, 3.63) is 59.7 Å². The van der Waals surface area contributed by atoms with Gasteiger partial charge in [-0.25, -0.2) is 4.79 Å². The molecule has 0 aliphatic rings. The second-order valence-electron chi connectivity index (χ2n) is 5.43. The van der Waals surface area contributed by atoms with E-state index in [4.69, 9.17) is 0 Å². The average Bonchev–Trinajstić information content (AvgIpc) is 2.61. The Morgan fingerprint density at radius 3 is 2.12 bits per heavy atom. The summed E-state index contributed by atoms with van der Waals surface area (Å²) in [6.07, 6.45) is 2.85. The maximum atomic E-state index is 12.7. The van der Waals surface area contributed by atoms with Gasteiger partial charge in [0.1, 0.15) is 0 Å². The van der Waals surface area contributed by atoms with Crippen molar-refractivity contribution in [2.45, 2.75) is 19.4 Å². The zero-order valence-electron chi connectivity index (χ0n) is 13.8. The number of carbonyl (C=O) groups is 2. The molecule has 2 rings (SSSR count). The molecule has 4 nitrogen and oxygen atoms in total. The van der Waals surface area contributed by atoms with E-state index >= 15 is 0 Å². The second kappa shape index (κ2) is 8.55. The molecule has 0 aliphatic carbocycles. The SMILES string of the molecule is CCC(CSC)NC(=O)c1ccccc1-c1ccccc1C(=O)O. The number of carboxylic acid groups (broad SMARTS) is 1. The molecule has 0 bridgehead atoms. The van der Waals surface area contributed by atoms with Crippen molar-refractivity contribution in [2.24, 2.45) is 0 Å². The molecule has 1 atom stereocenters. The number of rotatable bonds is 7. The van der Waals surface area contributed by atoms with E-state index in [2.05, 4.69) is 5.32 Å². The highest BCUT2D eigenvalue weighted by Gasteiger charge is 2.19. The van der Waals surface area contributed by atoms with Gasteiger partial charge in [0.05, 0.1) is 5.56 Å². The summed E-state index contributed by atoms with van der Waals surface area (Å²) in [5.74, 6) is -0.336. The van der Waals surface area contributed by atoms with E-state index in [-0.39, 0.29) is 17.5 Å². The monoisotopic (exact) mass is 343 g/mol. The molecule has 2 aromatic rings. The lowest BCUT2D eigenvalue weighted by Crippen LogP contribution is -2.36. The highest BCUT2D eigenvalue weighted by Crippen LogP contribution is 2.27. The smallest absolute Gasteiger partial charge is 0.336 e. The fraction of sp³-hybridized carbons (Fsp3) is 0.263. The van der Waals surface area contributed by atoms with Crippen LogP contribution in [-0.2, 0) is 0 Å². The minimum atomic E-state index is -1.00. The first-order chi connectivity index (χ1) is 11.6. The van der Waals surface area contributed by atoms with Crippen LogP contribution in [0.3, 0.4) is 0 Å². The molecule has 2 N–H and O–H groups in total. The van der Waals surface area contributed by atoms with Crippen LogP contribution in [0.2, 0.25) is 0 Å². The van der Waals surface area contributed by atoms with E-state index in [0.29, 0.717) is 16.7 Å². The van der Waals surface area contributed by atoms with Crippen molar-refractivity contribution in [3.63, 3.8) is 0 Å². The Hall–Kier alpha value is -2.27. The predicted octanol–water partition coefficient (Wildman–Crippen LogP) is 3.92. The Morgan fingerprint density at radius 2 is 1.58 bits per heavy atom. The summed E-state index contributed by atoms with van der Waals surface area (Å²) in [7, 11) is 0. The summed E-state index contributed by atoms with van der Waals surface area (Å²) < 4.78 is 0. The van der Waals surface area contributed by atoms with Gasteiger partial charge in [-0.3, -0.25) is 4.79 Å². The zero-order valence-corrected chi connectivity index (χ0v) is 14.6. The minimum absolute atomic E-state index is 0.0928. The fourth-order valence-corrected chi connectivity index (χ4v) is 3.27. The van der Waals surface area contributed by atoms with Crippen LogP contribution in [-0.4, -0.2) is 35.0 Å². The first-order valence-corrected chi connectivity index (χ1v) is 9.19. The fourth-order valence-electron chi connectivity index (χ4n) is 2.55. The molecular weight excluding hydrogens is 322 g/mol. The van der Waals surface area contributed by atoms with Gasteiger partial charge in [-0.2, -0.15) is 11.8 Å². The van der Waals surface area contributed by atoms with Crippen molar-refractivity contribution < 1.29 is 14.7 Å². The molecule has 0 fully saturated rings. The third-order valence-corrected chi connectivity index (χ3v) is 4.55. The predicted molar refractivity (Wildman–Crippen MR) is 98.8 cm³/mol. The van der Waals surface area contributed by atoms with E-state index in [1.54, 1.807) is 54.2 Å². The molecule has 0 saturated carbocycles. The van der Waals surface area contributed by atoms with Gasteiger partial charge in [0.2, 0.25) is 0 Å². The first kappa shape index (κ1) is 18.1. The van der Waals surface area contributed by atoms with E-state index in [9.17, 15) is 14.7 Å². The van der Waals surface area contributed by atoms with Crippen LogP contribution < -0.4 is 5.32 Å². The first-order valence-electron chi connectivity index (χ1n) is 7.80. The highest BCUT2D eigenvalue weighted by molar-refractivity contribution is 7.98. The normalized spacial score (nSPS) is 11.8. The number of nitrogens with one attached hydrogen (secondary N) is 1. The van der Waals surface area contributed by atoms with Gasteiger partial charge in [0.25, 0.3) is 5.91 Å². The number of hydrogen-bond acceptors (Lipinski definition) is 3. The minimum Gasteiger partial charge on any atom is -0.478 e. The van der Waals surface area contributed by atoms with Crippen molar-refractivity contribution >= 4 is 23.6 Å². The number of amides is 1. The maximum Gasteiger partial charge on any atom is 0.336 e. The van der Waals surface area contributed by atoms with Gasteiger partial charge in [-0.15, -0.1) is 0 Å². The molecule has 0 heterocycles. The Labute approximate surface area is 146 Å². The largest absolute Gasteiger partial charge is 0.478 e. The van der Waals surface area contributed by atoms with Gasteiger partial charge in [0, 0.05) is 17.4 Å². The lowest BCUT2D eigenvalue weighted by atomic mass is 9.95. The standard InChI is InChI=1S/C19H21NO3S/c1-3-13(12-24-2)20-18(21)16-10-6-4-8-14(16)15-9-5-7-11-17(15)19(22)23/h4-11,13H,3,12H2,1-2H3,(H,20,21)(H,22,23). The van der Waals surface area contributed by atoms with Crippen LogP contribution in [0.4, 0.5) is 0 Å². The number of thioether (sulfide) groups is 1. The summed E-state index contributed by atoms with van der Waals surface area (Å²) >= 11 is 1.69. The van der Waals surface area contributed by atoms with Crippen molar-refractivity contribution in [2.75, 3.05) is 12.0 Å². The third-order valence-electron chi connectivity index (χ3n) is 3.82. The number of carboxylic acids is 1. The summed E-state index contributed by atoms with van der Waals surface area (Å²) in [6, 6.07) is 13.9. The molecule has 126 valence electrons. The van der Waals surface area contributed by atoms with Gasteiger partial charge in [-0.05, 0) is 35.9 Å². The molecule has 0 radical (unpaired) electrons. The molecule has 0 saturated heterocycles. The maximum absolute atomic E-state index is 12.7. The van der Waals surface area contributed by atoms with Crippen LogP contribution in [0.5, 0.6) is 0 Å². The molecule has 0 aliphatic heterocycles. The summed E-state index contributed by atoms with van der Waals surface area (Å²) in [4.78, 5) is 24.2. The number of carbonyl (C=O) groups excluding carboxylic acids is 1. The lowest BCUT2D eigenvalue weighted by Gasteiger charge is -2.18. The van der Waals surface area contributed by atoms with E-state index < -0.39 is 5.97 Å². The Morgan fingerprint density at radius 1 is 1.04 bits per heavy atom. The van der Waals surface area contributed by atoms with Crippen molar-refractivity contribution in [1.29, 1.82) is 0 Å². The quantitative estimate of drug-likeness (QED) is 0.799. The Balaban J connectivity index is 2.41. The van der Waals surface area contributed by atoms with Crippen LogP contribution >= 0.6 is 11.8 Å². The van der Waals surface area contributed by atoms with E-state index in [0.717, 1.165) is 12.2 Å². The Bertz CT molecular complexity index is 730. The van der Waals surface area contributed by atoms with Crippen LogP contribution in [0.15, 0.2) is 48.5 Å². The molecule has 1 amide bonds. The lowest BCUT2D eigenvalue weighted by molar-refractivity contribution is 0.0697. The molecule has 24 heavy (non-hydrogen) atoms. The van der Waals surface area contributed by atoms with E-state index in [1.165, 1.54) is 0 Å². The number of aromatic carboxylic acids is 1. The van der Waals surface area contributed by atoms with Gasteiger partial charge in [-0.1, -0.05) is 43.3 Å². The summed E-state index contributed by atoms with van der Waals surface area (Å²) in [6.45, 7) is 2.03. The zero-order chi connectivity index (χ0) is 17.5. The third kappa shape index (κ3) is 4.17. The van der Waals surface area contributed by atoms with E-state index in [1.807, 2.05) is 19.2 Å². The highest BCUT2D eigenvalue weighted by atomic mass is 32.2. The number of benzene rings is 2. The van der Waals surface area contributed by atoms with Crippen molar-refractivity contribution in [1.82, 2.24) is 5.32 Å². The van der Waals surface area contributed by atoms with Gasteiger partial charge in [0.15, 0.2) is 0 Å². The molecule has 0 aromatic heterocycles. The average molecular weight is 343 g/mol.